The van der Waals surface area contributed by atoms with Crippen LogP contribution in [0.3, 0.4) is 0 Å². The van der Waals surface area contributed by atoms with Crippen LogP contribution in [0.25, 0.3) is 33.0 Å². The van der Waals surface area contributed by atoms with Gasteiger partial charge in [-0.25, -0.2) is 0 Å². The van der Waals surface area contributed by atoms with E-state index in [1.54, 1.807) is 0 Å². The maximum Gasteiger partial charge on any atom is 0.172 e. The Labute approximate surface area is 227 Å². The summed E-state index contributed by atoms with van der Waals surface area (Å²) in [5.41, 5.74) is 6.11. The third-order valence-corrected chi connectivity index (χ3v) is 8.37. The number of carbonyl (C=O) groups excluding carboxylic acids is 2. The van der Waals surface area contributed by atoms with Gasteiger partial charge in [0.25, 0.3) is 0 Å². The lowest BCUT2D eigenvalue weighted by Gasteiger charge is -2.33. The lowest BCUT2D eigenvalue weighted by atomic mass is 9.95. The molecule has 0 atom stereocenters. The van der Waals surface area contributed by atoms with Crippen molar-refractivity contribution in [3.05, 3.63) is 102 Å². The number of fused-ring (bicyclic) bond motifs is 2. The molecule has 0 amide bonds. The number of ketones is 2. The summed E-state index contributed by atoms with van der Waals surface area (Å²) < 4.78 is 4.39. The fourth-order valence-corrected chi connectivity index (χ4v) is 6.49. The van der Waals surface area contributed by atoms with Gasteiger partial charge in [-0.3, -0.25) is 19.5 Å². The number of allylic oxidation sites excluding steroid dienone is 2. The van der Waals surface area contributed by atoms with Crippen LogP contribution in [0, 0.1) is 0 Å². The third kappa shape index (κ3) is 4.03. The first-order valence-corrected chi connectivity index (χ1v) is 13.7. The first kappa shape index (κ1) is 23.8. The zero-order chi connectivity index (χ0) is 26.5. The molecule has 0 radical (unpaired) electrons. The van der Waals surface area contributed by atoms with Crippen molar-refractivity contribution in [2.24, 2.45) is 7.05 Å². The van der Waals surface area contributed by atoms with Crippen molar-refractivity contribution in [1.82, 2.24) is 19.0 Å². The molecule has 7 rings (SSSR count). The van der Waals surface area contributed by atoms with Crippen LogP contribution in [-0.4, -0.2) is 43.7 Å². The van der Waals surface area contributed by atoms with Gasteiger partial charge in [-0.05, 0) is 37.1 Å². The number of aryl methyl sites for hydroxylation is 1. The van der Waals surface area contributed by atoms with Crippen molar-refractivity contribution in [3.63, 3.8) is 0 Å². The molecular weight excluding hydrogens is 484 g/mol. The Morgan fingerprint density at radius 3 is 2.08 bits per heavy atom. The van der Waals surface area contributed by atoms with E-state index >= 15 is 0 Å². The molecule has 1 fully saturated rings. The van der Waals surface area contributed by atoms with Gasteiger partial charge < -0.3 is 9.13 Å². The highest BCUT2D eigenvalue weighted by atomic mass is 16.2. The number of benzene rings is 2. The fraction of sp³-hybridized carbons (Fsp3) is 0.242. The predicted molar refractivity (Wildman–Crippen MR) is 154 cm³/mol. The van der Waals surface area contributed by atoms with Crippen LogP contribution in [0.4, 0.5) is 0 Å². The van der Waals surface area contributed by atoms with Gasteiger partial charge in [-0.15, -0.1) is 0 Å². The molecule has 6 heteroatoms. The van der Waals surface area contributed by atoms with Crippen molar-refractivity contribution in [1.29, 1.82) is 0 Å². The van der Waals surface area contributed by atoms with Crippen LogP contribution < -0.4 is 0 Å². The molecule has 194 valence electrons. The van der Waals surface area contributed by atoms with Crippen LogP contribution in [0.2, 0.25) is 0 Å². The van der Waals surface area contributed by atoms with Crippen LogP contribution in [0.15, 0.2) is 85.3 Å². The van der Waals surface area contributed by atoms with Gasteiger partial charge >= 0.3 is 0 Å². The molecule has 2 aliphatic rings. The van der Waals surface area contributed by atoms with Crippen LogP contribution in [0.5, 0.6) is 0 Å². The van der Waals surface area contributed by atoms with Crippen molar-refractivity contribution in [2.75, 3.05) is 13.1 Å². The van der Waals surface area contributed by atoms with E-state index in [1.165, 1.54) is 0 Å². The van der Waals surface area contributed by atoms with Gasteiger partial charge in [0.15, 0.2) is 11.6 Å². The second-order valence-electron chi connectivity index (χ2n) is 10.7. The number of Topliss-reactive ketones (excluding diaryl/α,β-unsaturated/α-hetero) is 2. The van der Waals surface area contributed by atoms with E-state index in [0.717, 1.165) is 71.1 Å². The lowest BCUT2D eigenvalue weighted by molar-refractivity contribution is -0.119. The molecule has 1 saturated heterocycles. The van der Waals surface area contributed by atoms with Gasteiger partial charge in [0.2, 0.25) is 0 Å². The summed E-state index contributed by atoms with van der Waals surface area (Å²) >= 11 is 0. The Morgan fingerprint density at radius 1 is 0.769 bits per heavy atom. The topological polar surface area (TPSA) is 60.1 Å². The van der Waals surface area contributed by atoms with Crippen molar-refractivity contribution < 1.29 is 9.59 Å². The zero-order valence-electron chi connectivity index (χ0n) is 22.0. The molecule has 0 bridgehead atoms. The van der Waals surface area contributed by atoms with E-state index in [0.29, 0.717) is 17.2 Å². The van der Waals surface area contributed by atoms with Gasteiger partial charge in [0, 0.05) is 95.4 Å². The van der Waals surface area contributed by atoms with Gasteiger partial charge in [-0.2, -0.15) is 0 Å². The molecule has 4 heterocycles. The van der Waals surface area contributed by atoms with Gasteiger partial charge in [0.05, 0.1) is 12.1 Å². The normalized spacial score (nSPS) is 17.3. The zero-order valence-corrected chi connectivity index (χ0v) is 22.0. The first-order chi connectivity index (χ1) is 19.1. The molecule has 0 unspecified atom stereocenters. The van der Waals surface area contributed by atoms with E-state index < -0.39 is 0 Å². The van der Waals surface area contributed by atoms with Crippen LogP contribution in [0.1, 0.15) is 42.1 Å². The second-order valence-corrected chi connectivity index (χ2v) is 10.7. The number of piperidine rings is 1. The quantitative estimate of drug-likeness (QED) is 0.278. The lowest BCUT2D eigenvalue weighted by Crippen LogP contribution is -2.34. The number of aromatic nitrogens is 3. The monoisotopic (exact) mass is 514 g/mol. The molecule has 2 aromatic carbocycles. The molecule has 0 saturated carbocycles. The Morgan fingerprint density at radius 2 is 1.38 bits per heavy atom. The minimum atomic E-state index is -0.0917. The molecule has 1 aliphatic heterocycles. The largest absolute Gasteiger partial charge is 0.350 e. The van der Waals surface area contributed by atoms with Gasteiger partial charge in [0.1, 0.15) is 0 Å². The molecule has 39 heavy (non-hydrogen) atoms. The van der Waals surface area contributed by atoms with Crippen molar-refractivity contribution >= 4 is 44.5 Å². The summed E-state index contributed by atoms with van der Waals surface area (Å²) in [7, 11) is 1.99. The molecule has 6 nitrogen and oxygen atoms in total. The number of nitrogens with zero attached hydrogens (tertiary/aromatic N) is 4. The van der Waals surface area contributed by atoms with E-state index in [-0.39, 0.29) is 18.0 Å². The van der Waals surface area contributed by atoms with Gasteiger partial charge in [-0.1, -0.05) is 42.5 Å². The molecule has 0 spiro atoms. The smallest absolute Gasteiger partial charge is 0.172 e. The van der Waals surface area contributed by atoms with Crippen molar-refractivity contribution in [3.8, 4) is 0 Å². The Bertz CT molecular complexity index is 1770. The molecule has 3 aromatic heterocycles. The molecule has 1 aliphatic carbocycles. The minimum absolute atomic E-state index is 0.0701. The number of pyridine rings is 1. The second kappa shape index (κ2) is 9.47. The number of rotatable bonds is 5. The number of likely N-dealkylation sites (tertiary alicyclic amines) is 1. The third-order valence-electron chi connectivity index (χ3n) is 8.37. The number of hydrogen-bond donors (Lipinski definition) is 0. The van der Waals surface area contributed by atoms with E-state index in [1.807, 2.05) is 66.5 Å². The summed E-state index contributed by atoms with van der Waals surface area (Å²) in [4.78, 5) is 33.8. The SMILES string of the molecule is Cn1cc(C2=C(c3cn(C4CCN(Cc5ccccn5)CC4)c4ccccc34)C(=O)CC2=O)c2ccccc21. The van der Waals surface area contributed by atoms with E-state index in [9.17, 15) is 9.59 Å². The summed E-state index contributed by atoms with van der Waals surface area (Å²) in [6.07, 6.45) is 7.96. The standard InChI is InChI=1S/C33H30N4O2/c1-35-20-26(24-9-2-4-11-28(24)35)32-30(38)18-31(39)33(32)27-21-37(29-12-5-3-10-25(27)29)23-13-16-36(17-14-23)19-22-8-6-7-15-34-22/h2-12,15,20-21,23H,13-14,16-19H2,1H3. The molecule has 0 N–H and O–H groups in total. The summed E-state index contributed by atoms with van der Waals surface area (Å²) in [5.74, 6) is -0.179. The number of carbonyl (C=O) groups is 2. The Hall–Kier alpha value is -4.29. The predicted octanol–water partition coefficient (Wildman–Crippen LogP) is 5.82. The van der Waals surface area contributed by atoms with E-state index in [2.05, 4.69) is 44.9 Å². The highest BCUT2D eigenvalue weighted by Crippen LogP contribution is 2.42. The van der Waals surface area contributed by atoms with Crippen LogP contribution in [-0.2, 0) is 23.2 Å². The summed E-state index contributed by atoms with van der Waals surface area (Å²) in [6, 6.07) is 22.8. The van der Waals surface area contributed by atoms with Crippen LogP contribution >= 0.6 is 0 Å². The highest BCUT2D eigenvalue weighted by molar-refractivity contribution is 6.52. The summed E-state index contributed by atoms with van der Waals surface area (Å²) in [5, 5.41) is 2.03. The number of hydrogen-bond acceptors (Lipinski definition) is 4. The Balaban J connectivity index is 1.29. The highest BCUT2D eigenvalue weighted by Gasteiger charge is 2.36. The molecule has 5 aromatic rings. The van der Waals surface area contributed by atoms with E-state index in [4.69, 9.17) is 0 Å². The maximum absolute atomic E-state index is 13.5. The average Bonchev–Trinajstić information content (AvgIpc) is 3.60. The van der Waals surface area contributed by atoms with Crippen molar-refractivity contribution in [2.45, 2.75) is 31.8 Å². The molecular formula is C33H30N4O2. The fourth-order valence-electron chi connectivity index (χ4n) is 6.49. The summed E-state index contributed by atoms with van der Waals surface area (Å²) in [6.45, 7) is 2.85. The average molecular weight is 515 g/mol. The number of para-hydroxylation sites is 2. The maximum atomic E-state index is 13.5. The first-order valence-electron chi connectivity index (χ1n) is 13.7. The Kier molecular flexibility index (Phi) is 5.78. The minimum Gasteiger partial charge on any atom is -0.350 e.